The minimum atomic E-state index is 0.259. The quantitative estimate of drug-likeness (QED) is 0.824. The Morgan fingerprint density at radius 2 is 2.24 bits per heavy atom. The Bertz CT molecular complexity index is 265. The minimum absolute atomic E-state index is 0.259. The lowest BCUT2D eigenvalue weighted by molar-refractivity contribution is -0.0916. The van der Waals surface area contributed by atoms with E-state index >= 15 is 0 Å². The lowest BCUT2D eigenvalue weighted by Gasteiger charge is -2.41. The van der Waals surface area contributed by atoms with E-state index in [1.54, 1.807) is 0 Å². The first-order valence-electron chi connectivity index (χ1n) is 7.25. The van der Waals surface area contributed by atoms with E-state index in [0.717, 1.165) is 30.9 Å². The molecule has 2 N–H and O–H groups in total. The molecule has 2 saturated heterocycles. The van der Waals surface area contributed by atoms with Gasteiger partial charge in [-0.2, -0.15) is 11.8 Å². The zero-order chi connectivity index (χ0) is 11.7. The van der Waals surface area contributed by atoms with Gasteiger partial charge < -0.3 is 10.5 Å². The normalized spacial score (nSPS) is 46.8. The monoisotopic (exact) mass is 255 g/mol. The van der Waals surface area contributed by atoms with Crippen LogP contribution in [0.25, 0.3) is 0 Å². The molecule has 0 bridgehead atoms. The highest BCUT2D eigenvalue weighted by Crippen LogP contribution is 2.47. The van der Waals surface area contributed by atoms with Crippen molar-refractivity contribution in [3.05, 3.63) is 0 Å². The smallest absolute Gasteiger partial charge is 0.0783 e. The molecule has 1 saturated carbocycles. The van der Waals surface area contributed by atoms with Crippen molar-refractivity contribution in [3.8, 4) is 0 Å². The number of thioether (sulfide) groups is 1. The van der Waals surface area contributed by atoms with Gasteiger partial charge in [-0.15, -0.1) is 0 Å². The molecule has 0 amide bonds. The van der Waals surface area contributed by atoms with E-state index in [0.29, 0.717) is 0 Å². The van der Waals surface area contributed by atoms with Crippen molar-refractivity contribution in [2.45, 2.75) is 44.1 Å². The zero-order valence-electron chi connectivity index (χ0n) is 10.7. The Hall–Kier alpha value is 0.270. The maximum absolute atomic E-state index is 6.13. The molecule has 3 rings (SSSR count). The Morgan fingerprint density at radius 1 is 1.29 bits per heavy atom. The second kappa shape index (κ2) is 5.10. The van der Waals surface area contributed by atoms with Crippen LogP contribution < -0.4 is 5.73 Å². The van der Waals surface area contributed by atoms with Crippen molar-refractivity contribution in [2.24, 2.45) is 23.5 Å². The third-order valence-electron chi connectivity index (χ3n) is 5.22. The van der Waals surface area contributed by atoms with Gasteiger partial charge >= 0.3 is 0 Å². The first-order valence-corrected chi connectivity index (χ1v) is 8.40. The van der Waals surface area contributed by atoms with Crippen LogP contribution in [0.15, 0.2) is 0 Å². The van der Waals surface area contributed by atoms with Gasteiger partial charge in [-0.05, 0) is 62.2 Å². The van der Waals surface area contributed by atoms with Crippen LogP contribution in [0.4, 0.5) is 0 Å². The van der Waals surface area contributed by atoms with Crippen molar-refractivity contribution in [1.82, 2.24) is 0 Å². The fourth-order valence-corrected chi connectivity index (χ4v) is 5.65. The van der Waals surface area contributed by atoms with Crippen molar-refractivity contribution < 1.29 is 4.74 Å². The summed E-state index contributed by atoms with van der Waals surface area (Å²) >= 11 is 2.08. The van der Waals surface area contributed by atoms with Gasteiger partial charge in [0, 0.05) is 12.4 Å². The number of rotatable bonds is 2. The predicted octanol–water partition coefficient (Wildman–Crippen LogP) is 2.66. The highest BCUT2D eigenvalue weighted by atomic mass is 32.2. The van der Waals surface area contributed by atoms with E-state index in [2.05, 4.69) is 11.8 Å². The van der Waals surface area contributed by atoms with Gasteiger partial charge in [-0.3, -0.25) is 0 Å². The van der Waals surface area contributed by atoms with Gasteiger partial charge in [-0.1, -0.05) is 6.42 Å². The van der Waals surface area contributed by atoms with E-state index in [1.165, 1.54) is 50.0 Å². The fourth-order valence-electron chi connectivity index (χ4n) is 4.27. The molecule has 0 radical (unpaired) electrons. The summed E-state index contributed by atoms with van der Waals surface area (Å²) in [6, 6.07) is 0. The molecule has 2 nitrogen and oxygen atoms in total. The molecule has 3 heteroatoms. The van der Waals surface area contributed by atoms with E-state index in [9.17, 15) is 0 Å². The largest absolute Gasteiger partial charge is 0.374 e. The van der Waals surface area contributed by atoms with Crippen LogP contribution in [-0.4, -0.2) is 30.3 Å². The first kappa shape index (κ1) is 12.3. The Labute approximate surface area is 109 Å². The summed E-state index contributed by atoms with van der Waals surface area (Å²) in [5, 5.41) is 0. The van der Waals surface area contributed by atoms with E-state index in [-0.39, 0.29) is 5.60 Å². The Morgan fingerprint density at radius 3 is 3.00 bits per heavy atom. The molecule has 0 aromatic rings. The summed E-state index contributed by atoms with van der Waals surface area (Å²) in [7, 11) is 0. The van der Waals surface area contributed by atoms with E-state index < -0.39 is 0 Å². The van der Waals surface area contributed by atoms with Crippen LogP contribution in [0.5, 0.6) is 0 Å². The first-order chi connectivity index (χ1) is 8.33. The number of hydrogen-bond acceptors (Lipinski definition) is 3. The molecule has 2 heterocycles. The van der Waals surface area contributed by atoms with Crippen LogP contribution in [0.1, 0.15) is 38.5 Å². The van der Waals surface area contributed by atoms with Crippen molar-refractivity contribution >= 4 is 11.8 Å². The molecule has 0 aromatic carbocycles. The highest BCUT2D eigenvalue weighted by molar-refractivity contribution is 7.99. The fraction of sp³-hybridized carbons (Fsp3) is 1.00. The summed E-state index contributed by atoms with van der Waals surface area (Å²) in [5.41, 5.74) is 6.20. The maximum atomic E-state index is 6.13. The molecule has 1 spiro atoms. The van der Waals surface area contributed by atoms with Gasteiger partial charge in [0.15, 0.2) is 0 Å². The van der Waals surface area contributed by atoms with E-state index in [1.807, 2.05) is 0 Å². The van der Waals surface area contributed by atoms with Crippen LogP contribution in [-0.2, 0) is 4.74 Å². The van der Waals surface area contributed by atoms with Crippen LogP contribution in [0, 0.1) is 17.8 Å². The molecule has 4 unspecified atom stereocenters. The summed E-state index contributed by atoms with van der Waals surface area (Å²) in [6.07, 6.45) is 8.10. The number of nitrogens with two attached hydrogens (primary N) is 1. The molecular formula is C14H25NOS. The zero-order valence-corrected chi connectivity index (χ0v) is 11.5. The topological polar surface area (TPSA) is 35.2 Å². The molecule has 98 valence electrons. The molecule has 4 atom stereocenters. The standard InChI is InChI=1S/C14H25NOS/c15-9-12-2-1-3-13(12)11-4-6-16-14(8-11)5-7-17-10-14/h11-13H,1-10,15H2. The minimum Gasteiger partial charge on any atom is -0.374 e. The second-order valence-corrected chi connectivity index (χ2v) is 7.28. The Balaban J connectivity index is 1.67. The van der Waals surface area contributed by atoms with Gasteiger partial charge in [0.1, 0.15) is 0 Å². The van der Waals surface area contributed by atoms with Crippen LogP contribution in [0.2, 0.25) is 0 Å². The van der Waals surface area contributed by atoms with Gasteiger partial charge in [-0.25, -0.2) is 0 Å². The predicted molar refractivity (Wildman–Crippen MR) is 73.2 cm³/mol. The van der Waals surface area contributed by atoms with Gasteiger partial charge in [0.05, 0.1) is 5.60 Å². The van der Waals surface area contributed by atoms with Gasteiger partial charge in [0.2, 0.25) is 0 Å². The summed E-state index contributed by atoms with van der Waals surface area (Å²) in [4.78, 5) is 0. The summed E-state index contributed by atoms with van der Waals surface area (Å²) in [6.45, 7) is 1.91. The third kappa shape index (κ3) is 2.39. The highest BCUT2D eigenvalue weighted by Gasteiger charge is 2.44. The maximum Gasteiger partial charge on any atom is 0.0783 e. The SMILES string of the molecule is NCC1CCCC1C1CCOC2(CCSC2)C1. The summed E-state index contributed by atoms with van der Waals surface area (Å²) < 4.78 is 6.13. The number of ether oxygens (including phenoxy) is 1. The molecular weight excluding hydrogens is 230 g/mol. The van der Waals surface area contributed by atoms with Crippen molar-refractivity contribution in [2.75, 3.05) is 24.7 Å². The lowest BCUT2D eigenvalue weighted by atomic mass is 9.74. The molecule has 3 aliphatic rings. The number of hydrogen-bond donors (Lipinski definition) is 1. The lowest BCUT2D eigenvalue weighted by Crippen LogP contribution is -2.42. The molecule has 3 fully saturated rings. The van der Waals surface area contributed by atoms with Gasteiger partial charge in [0.25, 0.3) is 0 Å². The van der Waals surface area contributed by atoms with Crippen LogP contribution >= 0.6 is 11.8 Å². The third-order valence-corrected chi connectivity index (χ3v) is 6.45. The summed E-state index contributed by atoms with van der Waals surface area (Å²) in [5.74, 6) is 5.16. The van der Waals surface area contributed by atoms with Crippen molar-refractivity contribution in [1.29, 1.82) is 0 Å². The molecule has 1 aliphatic carbocycles. The second-order valence-electron chi connectivity index (χ2n) is 6.18. The molecule has 17 heavy (non-hydrogen) atoms. The van der Waals surface area contributed by atoms with Crippen molar-refractivity contribution in [3.63, 3.8) is 0 Å². The molecule has 0 aromatic heterocycles. The van der Waals surface area contributed by atoms with Crippen LogP contribution in [0.3, 0.4) is 0 Å². The molecule has 2 aliphatic heterocycles. The average Bonchev–Trinajstić information content (AvgIpc) is 2.98. The van der Waals surface area contributed by atoms with E-state index in [4.69, 9.17) is 10.5 Å². The average molecular weight is 255 g/mol. The Kier molecular flexibility index (Phi) is 3.69.